The fraction of sp³-hybridized carbons (Fsp3) is 0.300. The van der Waals surface area contributed by atoms with Gasteiger partial charge in [0, 0.05) is 24.6 Å². The highest BCUT2D eigenvalue weighted by Gasteiger charge is 2.27. The molecular formula is C10H11BrN2O3. The predicted octanol–water partition coefficient (Wildman–Crippen LogP) is 1.45. The van der Waals surface area contributed by atoms with Crippen LogP contribution in [0.1, 0.15) is 18.7 Å². The van der Waals surface area contributed by atoms with Gasteiger partial charge in [0.05, 0.1) is 5.69 Å². The van der Waals surface area contributed by atoms with Crippen molar-refractivity contribution in [1.29, 1.82) is 0 Å². The molecule has 0 radical (unpaired) electrons. The number of aliphatic carboxylic acids is 1. The van der Waals surface area contributed by atoms with E-state index in [0.717, 1.165) is 9.37 Å². The van der Waals surface area contributed by atoms with Gasteiger partial charge in [0.2, 0.25) is 5.91 Å². The molecule has 1 atom stereocenters. The third-order valence-electron chi connectivity index (χ3n) is 2.15. The molecule has 1 N–H and O–H groups in total. The Hall–Kier alpha value is -1.43. The smallest absolute Gasteiger partial charge is 0.332 e. The summed E-state index contributed by atoms with van der Waals surface area (Å²) in [6, 6.07) is 2.21. The van der Waals surface area contributed by atoms with Crippen LogP contribution in [0.2, 0.25) is 0 Å². The molecule has 0 bridgehead atoms. The molecule has 1 rings (SSSR count). The van der Waals surface area contributed by atoms with Crippen LogP contribution in [-0.2, 0) is 9.59 Å². The van der Waals surface area contributed by atoms with Gasteiger partial charge in [-0.15, -0.1) is 0 Å². The van der Waals surface area contributed by atoms with Crippen LogP contribution in [0.15, 0.2) is 22.8 Å². The molecule has 5 nitrogen and oxygen atoms in total. The van der Waals surface area contributed by atoms with E-state index in [9.17, 15) is 9.59 Å². The Balaban J connectivity index is 3.07. The molecule has 16 heavy (non-hydrogen) atoms. The van der Waals surface area contributed by atoms with Crippen LogP contribution < -0.4 is 0 Å². The lowest BCUT2D eigenvalue weighted by atomic mass is 10.1. The van der Waals surface area contributed by atoms with Crippen molar-refractivity contribution >= 4 is 27.8 Å². The zero-order chi connectivity index (χ0) is 12.3. The average molecular weight is 287 g/mol. The van der Waals surface area contributed by atoms with E-state index < -0.39 is 12.0 Å². The van der Waals surface area contributed by atoms with Crippen molar-refractivity contribution in [2.45, 2.75) is 13.0 Å². The highest BCUT2D eigenvalue weighted by molar-refractivity contribution is 9.10. The van der Waals surface area contributed by atoms with Crippen molar-refractivity contribution in [1.82, 2.24) is 9.88 Å². The number of aromatic nitrogens is 1. The van der Waals surface area contributed by atoms with E-state index in [2.05, 4.69) is 20.9 Å². The van der Waals surface area contributed by atoms with E-state index in [1.165, 1.54) is 20.2 Å². The topological polar surface area (TPSA) is 70.5 Å². The second-order valence-corrected chi connectivity index (χ2v) is 4.19. The molecule has 0 saturated heterocycles. The molecule has 1 heterocycles. The molecule has 0 fully saturated rings. The molecule has 0 aliphatic heterocycles. The summed E-state index contributed by atoms with van der Waals surface area (Å²) < 4.78 is 0.755. The van der Waals surface area contributed by atoms with Crippen LogP contribution in [-0.4, -0.2) is 33.9 Å². The van der Waals surface area contributed by atoms with Crippen molar-refractivity contribution in [3.8, 4) is 0 Å². The van der Waals surface area contributed by atoms with E-state index in [4.69, 9.17) is 5.11 Å². The van der Waals surface area contributed by atoms with Crippen molar-refractivity contribution in [3.05, 3.63) is 28.5 Å². The van der Waals surface area contributed by atoms with Gasteiger partial charge >= 0.3 is 5.97 Å². The third kappa shape index (κ3) is 2.79. The van der Waals surface area contributed by atoms with Gasteiger partial charge in [-0.1, -0.05) is 0 Å². The maximum Gasteiger partial charge on any atom is 0.332 e. The Morgan fingerprint density at radius 2 is 2.12 bits per heavy atom. The minimum atomic E-state index is -1.10. The van der Waals surface area contributed by atoms with E-state index in [-0.39, 0.29) is 5.91 Å². The fourth-order valence-corrected chi connectivity index (χ4v) is 1.46. The van der Waals surface area contributed by atoms with Gasteiger partial charge in [-0.05, 0) is 28.1 Å². The zero-order valence-electron chi connectivity index (χ0n) is 8.85. The number of carbonyl (C=O) groups is 2. The second-order valence-electron chi connectivity index (χ2n) is 3.27. The number of carbonyl (C=O) groups excluding carboxylic acids is 1. The molecule has 86 valence electrons. The van der Waals surface area contributed by atoms with E-state index in [1.54, 1.807) is 12.1 Å². The number of carboxylic acid groups (broad SMARTS) is 1. The number of pyridine rings is 1. The minimum Gasteiger partial charge on any atom is -0.479 e. The summed E-state index contributed by atoms with van der Waals surface area (Å²) in [6.07, 6.45) is 1.50. The van der Waals surface area contributed by atoms with Gasteiger partial charge in [-0.2, -0.15) is 0 Å². The molecule has 6 heteroatoms. The van der Waals surface area contributed by atoms with Gasteiger partial charge in [0.25, 0.3) is 0 Å². The van der Waals surface area contributed by atoms with Crippen LogP contribution >= 0.6 is 15.9 Å². The number of amides is 1. The van der Waals surface area contributed by atoms with Crippen LogP contribution in [0, 0.1) is 0 Å². The van der Waals surface area contributed by atoms with Crippen LogP contribution in [0.4, 0.5) is 0 Å². The summed E-state index contributed by atoms with van der Waals surface area (Å²) in [5, 5.41) is 9.07. The first-order valence-corrected chi connectivity index (χ1v) is 5.30. The summed E-state index contributed by atoms with van der Waals surface area (Å²) in [5.41, 5.74) is 0.327. The Labute approximate surface area is 101 Å². The first-order valence-electron chi connectivity index (χ1n) is 4.51. The Morgan fingerprint density at radius 1 is 1.50 bits per heavy atom. The van der Waals surface area contributed by atoms with Crippen molar-refractivity contribution < 1.29 is 14.7 Å². The predicted molar refractivity (Wildman–Crippen MR) is 60.8 cm³/mol. The van der Waals surface area contributed by atoms with E-state index in [0.29, 0.717) is 5.69 Å². The lowest BCUT2D eigenvalue weighted by Gasteiger charge is -2.22. The molecule has 1 unspecified atom stereocenters. The van der Waals surface area contributed by atoms with Gasteiger partial charge in [-0.3, -0.25) is 9.78 Å². The Morgan fingerprint density at radius 3 is 2.50 bits per heavy atom. The number of carboxylic acids is 1. The van der Waals surface area contributed by atoms with Crippen LogP contribution in [0.3, 0.4) is 0 Å². The van der Waals surface area contributed by atoms with Crippen LogP contribution in [0.25, 0.3) is 0 Å². The molecule has 0 saturated carbocycles. The third-order valence-corrected chi connectivity index (χ3v) is 2.62. The summed E-state index contributed by atoms with van der Waals surface area (Å²) in [6.45, 7) is 1.31. The van der Waals surface area contributed by atoms with Crippen molar-refractivity contribution in [2.24, 2.45) is 0 Å². The first kappa shape index (κ1) is 12.6. The van der Waals surface area contributed by atoms with Crippen molar-refractivity contribution in [2.75, 3.05) is 7.05 Å². The number of rotatable bonds is 3. The average Bonchev–Trinajstić information content (AvgIpc) is 2.20. The van der Waals surface area contributed by atoms with Gasteiger partial charge in [0.15, 0.2) is 6.04 Å². The maximum absolute atomic E-state index is 11.2. The largest absolute Gasteiger partial charge is 0.479 e. The fourth-order valence-electron chi connectivity index (χ4n) is 1.22. The van der Waals surface area contributed by atoms with Gasteiger partial charge < -0.3 is 10.0 Å². The van der Waals surface area contributed by atoms with Gasteiger partial charge in [-0.25, -0.2) is 4.79 Å². The quantitative estimate of drug-likeness (QED) is 0.913. The van der Waals surface area contributed by atoms with E-state index in [1.807, 2.05) is 0 Å². The molecule has 1 amide bonds. The second kappa shape index (κ2) is 5.07. The molecular weight excluding hydrogens is 276 g/mol. The highest BCUT2D eigenvalue weighted by atomic mass is 79.9. The lowest BCUT2D eigenvalue weighted by Crippen LogP contribution is -2.34. The zero-order valence-corrected chi connectivity index (χ0v) is 10.4. The summed E-state index contributed by atoms with van der Waals surface area (Å²) >= 11 is 3.21. The number of hydrogen-bond acceptors (Lipinski definition) is 3. The van der Waals surface area contributed by atoms with E-state index >= 15 is 0 Å². The molecule has 1 aromatic rings. The normalized spacial score (nSPS) is 11.9. The Bertz CT molecular complexity index is 405. The van der Waals surface area contributed by atoms with Crippen LogP contribution in [0.5, 0.6) is 0 Å². The molecule has 0 spiro atoms. The van der Waals surface area contributed by atoms with Crippen molar-refractivity contribution in [3.63, 3.8) is 0 Å². The molecule has 1 aromatic heterocycles. The number of likely N-dealkylation sites (N-methyl/N-ethyl adjacent to an activating group) is 1. The van der Waals surface area contributed by atoms with Gasteiger partial charge in [0.1, 0.15) is 0 Å². The standard InChI is InChI=1S/C10H11BrN2O3/c1-6(14)13(2)9(10(15)16)8-4-3-7(11)5-12-8/h3-5,9H,1-2H3,(H,15,16). The lowest BCUT2D eigenvalue weighted by molar-refractivity contribution is -0.148. The summed E-state index contributed by atoms with van der Waals surface area (Å²) in [4.78, 5) is 27.4. The Kier molecular flexibility index (Phi) is 4.00. The molecule has 0 aliphatic carbocycles. The first-order chi connectivity index (χ1) is 7.43. The number of nitrogens with zero attached hydrogens (tertiary/aromatic N) is 2. The summed E-state index contributed by atoms with van der Waals surface area (Å²) in [5.74, 6) is -1.43. The SMILES string of the molecule is CC(=O)N(C)C(C(=O)O)c1ccc(Br)cn1. The monoisotopic (exact) mass is 286 g/mol. The number of hydrogen-bond donors (Lipinski definition) is 1. The highest BCUT2D eigenvalue weighted by Crippen LogP contribution is 2.19. The molecule has 0 aliphatic rings. The maximum atomic E-state index is 11.2. The minimum absolute atomic E-state index is 0.322. The number of halogens is 1. The molecule has 0 aromatic carbocycles. The summed E-state index contributed by atoms with van der Waals surface area (Å²) in [7, 11) is 1.44.